The molecule has 8 heteroatoms. The molecule has 1 unspecified atom stereocenters. The minimum atomic E-state index is -4.71. The summed E-state index contributed by atoms with van der Waals surface area (Å²) in [4.78, 5) is 10.6. The molecular weight excluding hydrogens is 389 g/mol. The first-order valence-electron chi connectivity index (χ1n) is 9.21. The van der Waals surface area contributed by atoms with Crippen LogP contribution in [0.1, 0.15) is 29.5 Å². The normalized spacial score (nSPS) is 16.2. The average molecular weight is 410 g/mol. The Hall–Kier alpha value is -2.74. The molecule has 0 spiro atoms. The second kappa shape index (κ2) is 9.17. The molecule has 0 saturated carbocycles. The van der Waals surface area contributed by atoms with Crippen LogP contribution >= 0.6 is 0 Å². The van der Waals surface area contributed by atoms with Crippen LogP contribution in [0.15, 0.2) is 42.5 Å². The third-order valence-electron chi connectivity index (χ3n) is 4.59. The van der Waals surface area contributed by atoms with Gasteiger partial charge in [-0.25, -0.2) is 0 Å². The van der Waals surface area contributed by atoms with Gasteiger partial charge in [0.05, 0.1) is 19.1 Å². The molecule has 2 aromatic carbocycles. The van der Waals surface area contributed by atoms with E-state index in [-0.39, 0.29) is 31.5 Å². The third-order valence-corrected chi connectivity index (χ3v) is 4.59. The first kappa shape index (κ1) is 21.0. The van der Waals surface area contributed by atoms with E-state index in [0.29, 0.717) is 5.75 Å². The van der Waals surface area contributed by atoms with Crippen LogP contribution in [0, 0.1) is 0 Å². The van der Waals surface area contributed by atoms with Crippen molar-refractivity contribution < 1.29 is 37.3 Å². The number of carboxylic acids is 1. The minimum Gasteiger partial charge on any atom is -0.489 e. The predicted molar refractivity (Wildman–Crippen MR) is 97.9 cm³/mol. The minimum absolute atomic E-state index is 0.000551. The van der Waals surface area contributed by atoms with Crippen molar-refractivity contribution in [3.63, 3.8) is 0 Å². The molecule has 1 atom stereocenters. The molecule has 156 valence electrons. The molecule has 0 aliphatic heterocycles. The number of ether oxygens (including phenoxy) is 3. The van der Waals surface area contributed by atoms with E-state index >= 15 is 0 Å². The summed E-state index contributed by atoms with van der Waals surface area (Å²) < 4.78 is 51.8. The van der Waals surface area contributed by atoms with Crippen molar-refractivity contribution in [3.8, 4) is 11.5 Å². The van der Waals surface area contributed by atoms with Crippen molar-refractivity contribution in [1.82, 2.24) is 0 Å². The number of halogens is 3. The van der Waals surface area contributed by atoms with Crippen molar-refractivity contribution in [2.24, 2.45) is 0 Å². The molecule has 0 saturated heterocycles. The molecule has 0 amide bonds. The summed E-state index contributed by atoms with van der Waals surface area (Å²) in [7, 11) is 0. The number of alkyl halides is 3. The van der Waals surface area contributed by atoms with Crippen LogP contribution in [0.25, 0.3) is 0 Å². The van der Waals surface area contributed by atoms with Crippen LogP contribution in [0.3, 0.4) is 0 Å². The molecule has 1 aliphatic carbocycles. The van der Waals surface area contributed by atoms with Crippen LogP contribution in [-0.4, -0.2) is 30.1 Å². The quantitative estimate of drug-likeness (QED) is 0.694. The van der Waals surface area contributed by atoms with Crippen molar-refractivity contribution in [3.05, 3.63) is 59.2 Å². The van der Waals surface area contributed by atoms with E-state index in [4.69, 9.17) is 14.6 Å². The molecule has 5 nitrogen and oxygen atoms in total. The fourth-order valence-electron chi connectivity index (χ4n) is 3.20. The number of aryl methyl sites for hydroxylation is 1. The fourth-order valence-corrected chi connectivity index (χ4v) is 3.20. The Kier molecular flexibility index (Phi) is 6.64. The van der Waals surface area contributed by atoms with Gasteiger partial charge in [-0.2, -0.15) is 0 Å². The molecule has 0 radical (unpaired) electrons. The van der Waals surface area contributed by atoms with Crippen molar-refractivity contribution in [2.45, 2.75) is 44.8 Å². The topological polar surface area (TPSA) is 65.0 Å². The molecule has 2 aromatic rings. The molecule has 0 bridgehead atoms. The summed E-state index contributed by atoms with van der Waals surface area (Å²) in [6.45, 7) is 0.440. The van der Waals surface area contributed by atoms with E-state index in [0.717, 1.165) is 36.0 Å². The van der Waals surface area contributed by atoms with Crippen molar-refractivity contribution in [1.29, 1.82) is 0 Å². The standard InChI is InChI=1S/C21H21F3O5/c22-21(23,24)29-17-5-1-14(2-6-17)13-28-19-8-4-15-11-18(7-3-16(15)12-19)27-10-9-20(25)26/h1-2,4-6,8,12,18H,3,7,9-11,13H2,(H,25,26). The van der Waals surface area contributed by atoms with Crippen LogP contribution in [0.4, 0.5) is 13.2 Å². The third kappa shape index (κ3) is 6.67. The first-order chi connectivity index (χ1) is 13.8. The van der Waals surface area contributed by atoms with Gasteiger partial charge in [0.1, 0.15) is 18.1 Å². The smallest absolute Gasteiger partial charge is 0.489 e. The summed E-state index contributed by atoms with van der Waals surface area (Å²) in [6, 6.07) is 11.3. The Labute approximate surface area is 166 Å². The number of aliphatic carboxylic acids is 1. The van der Waals surface area contributed by atoms with E-state index in [1.165, 1.54) is 24.3 Å². The first-order valence-corrected chi connectivity index (χ1v) is 9.21. The maximum atomic E-state index is 12.2. The van der Waals surface area contributed by atoms with E-state index in [1.807, 2.05) is 18.2 Å². The van der Waals surface area contributed by atoms with E-state index < -0.39 is 12.3 Å². The van der Waals surface area contributed by atoms with Crippen LogP contribution in [-0.2, 0) is 29.0 Å². The zero-order valence-electron chi connectivity index (χ0n) is 15.6. The highest BCUT2D eigenvalue weighted by Gasteiger charge is 2.30. The average Bonchev–Trinajstić information content (AvgIpc) is 2.66. The van der Waals surface area contributed by atoms with E-state index in [1.54, 1.807) is 0 Å². The van der Waals surface area contributed by atoms with Gasteiger partial charge in [0.25, 0.3) is 0 Å². The number of rotatable bonds is 8. The van der Waals surface area contributed by atoms with Gasteiger partial charge in [0, 0.05) is 0 Å². The second-order valence-electron chi connectivity index (χ2n) is 6.79. The maximum absolute atomic E-state index is 12.2. The highest BCUT2D eigenvalue weighted by molar-refractivity contribution is 5.66. The van der Waals surface area contributed by atoms with Crippen LogP contribution < -0.4 is 9.47 Å². The zero-order valence-corrected chi connectivity index (χ0v) is 15.6. The Morgan fingerprint density at radius 1 is 1.07 bits per heavy atom. The molecule has 0 aromatic heterocycles. The van der Waals surface area contributed by atoms with Crippen LogP contribution in [0.2, 0.25) is 0 Å². The van der Waals surface area contributed by atoms with Crippen molar-refractivity contribution in [2.75, 3.05) is 6.61 Å². The Morgan fingerprint density at radius 3 is 2.48 bits per heavy atom. The molecule has 1 N–H and O–H groups in total. The summed E-state index contributed by atoms with van der Waals surface area (Å²) in [6.07, 6.45) is -2.33. The van der Waals surface area contributed by atoms with Gasteiger partial charge in [0.2, 0.25) is 0 Å². The molecule has 0 fully saturated rings. The van der Waals surface area contributed by atoms with Crippen molar-refractivity contribution >= 4 is 5.97 Å². The summed E-state index contributed by atoms with van der Waals surface area (Å²) in [5.74, 6) is -0.453. The Morgan fingerprint density at radius 2 is 1.79 bits per heavy atom. The molecule has 0 heterocycles. The lowest BCUT2D eigenvalue weighted by molar-refractivity contribution is -0.274. The monoisotopic (exact) mass is 410 g/mol. The van der Waals surface area contributed by atoms with Gasteiger partial charge >= 0.3 is 12.3 Å². The number of benzene rings is 2. The number of carbonyl (C=O) groups is 1. The summed E-state index contributed by atoms with van der Waals surface area (Å²) in [5, 5.41) is 8.68. The number of carboxylic acid groups (broad SMARTS) is 1. The molecule has 1 aliphatic rings. The lowest BCUT2D eigenvalue weighted by atomic mass is 9.89. The highest BCUT2D eigenvalue weighted by Crippen LogP contribution is 2.28. The largest absolute Gasteiger partial charge is 0.573 e. The number of fused-ring (bicyclic) bond motifs is 1. The summed E-state index contributed by atoms with van der Waals surface area (Å²) >= 11 is 0. The SMILES string of the molecule is O=C(O)CCOC1CCc2cc(OCc3ccc(OC(F)(F)F)cc3)ccc2C1. The number of hydrogen-bond acceptors (Lipinski definition) is 4. The predicted octanol–water partition coefficient (Wildman–Crippen LogP) is 4.51. The van der Waals surface area contributed by atoms with Gasteiger partial charge in [-0.05, 0) is 60.2 Å². The van der Waals surface area contributed by atoms with Gasteiger partial charge in [0.15, 0.2) is 0 Å². The Bertz CT molecular complexity index is 833. The molecule has 3 rings (SSSR count). The van der Waals surface area contributed by atoms with Gasteiger partial charge in [-0.15, -0.1) is 13.2 Å². The molecule has 29 heavy (non-hydrogen) atoms. The van der Waals surface area contributed by atoms with E-state index in [9.17, 15) is 18.0 Å². The number of hydrogen-bond donors (Lipinski definition) is 1. The molecular formula is C21H21F3O5. The van der Waals surface area contributed by atoms with Crippen LogP contribution in [0.5, 0.6) is 11.5 Å². The van der Waals surface area contributed by atoms with Gasteiger partial charge < -0.3 is 19.3 Å². The van der Waals surface area contributed by atoms with Gasteiger partial charge in [-0.1, -0.05) is 18.2 Å². The maximum Gasteiger partial charge on any atom is 0.573 e. The second-order valence-corrected chi connectivity index (χ2v) is 6.79. The Balaban J connectivity index is 1.51. The van der Waals surface area contributed by atoms with Gasteiger partial charge in [-0.3, -0.25) is 4.79 Å². The lowest BCUT2D eigenvalue weighted by Gasteiger charge is -2.25. The summed E-state index contributed by atoms with van der Waals surface area (Å²) in [5.41, 5.74) is 3.04. The van der Waals surface area contributed by atoms with E-state index in [2.05, 4.69) is 4.74 Å². The lowest BCUT2D eigenvalue weighted by Crippen LogP contribution is -2.23. The zero-order chi connectivity index (χ0) is 20.9. The fraction of sp³-hybridized carbons (Fsp3) is 0.381. The highest BCUT2D eigenvalue weighted by atomic mass is 19.4.